The predicted octanol–water partition coefficient (Wildman–Crippen LogP) is 4.07. The maximum atomic E-state index is 9.63. The van der Waals surface area contributed by atoms with Gasteiger partial charge in [0, 0.05) is 30.2 Å². The molecule has 2 aromatic carbocycles. The summed E-state index contributed by atoms with van der Waals surface area (Å²) in [5.74, 6) is 1.76. The first-order valence-electron chi connectivity index (χ1n) is 8.37. The number of hydrogen-bond donors (Lipinski definition) is 2. The van der Waals surface area contributed by atoms with Crippen LogP contribution in [0.2, 0.25) is 0 Å². The number of phenols is 1. The predicted molar refractivity (Wildman–Crippen MR) is 97.0 cm³/mol. The zero-order chi connectivity index (χ0) is 16.4. The number of benzene rings is 2. The molecule has 1 aliphatic heterocycles. The summed E-state index contributed by atoms with van der Waals surface area (Å²) in [7, 11) is 0. The van der Waals surface area contributed by atoms with Gasteiger partial charge in [0.25, 0.3) is 0 Å². The summed E-state index contributed by atoms with van der Waals surface area (Å²) in [5, 5.41) is 13.9. The lowest BCUT2D eigenvalue weighted by Gasteiger charge is -2.28. The number of rotatable bonds is 3. The van der Waals surface area contributed by atoms with E-state index in [0.29, 0.717) is 5.95 Å². The molecular weight excluding hydrogens is 300 g/mol. The summed E-state index contributed by atoms with van der Waals surface area (Å²) in [6.45, 7) is 2.07. The molecule has 0 saturated carbocycles. The molecule has 0 radical (unpaired) electrons. The topological polar surface area (TPSA) is 61.3 Å². The van der Waals surface area contributed by atoms with E-state index in [-0.39, 0.29) is 5.75 Å². The van der Waals surface area contributed by atoms with E-state index in [1.165, 1.54) is 19.3 Å². The molecule has 0 atom stereocenters. The molecule has 0 spiro atoms. The van der Waals surface area contributed by atoms with Gasteiger partial charge in [-0.3, -0.25) is 0 Å². The summed E-state index contributed by atoms with van der Waals surface area (Å²) in [5.41, 5.74) is 1.70. The molecule has 1 aromatic heterocycles. The Labute approximate surface area is 141 Å². The maximum absolute atomic E-state index is 9.63. The van der Waals surface area contributed by atoms with Crippen LogP contribution in [0.1, 0.15) is 19.3 Å². The molecule has 0 amide bonds. The highest BCUT2D eigenvalue weighted by Gasteiger charge is 2.17. The second-order valence-electron chi connectivity index (χ2n) is 6.11. The summed E-state index contributed by atoms with van der Waals surface area (Å²) < 4.78 is 0. The van der Waals surface area contributed by atoms with Crippen molar-refractivity contribution in [1.29, 1.82) is 0 Å². The van der Waals surface area contributed by atoms with Crippen molar-refractivity contribution in [1.82, 2.24) is 9.97 Å². The molecule has 1 saturated heterocycles. The van der Waals surface area contributed by atoms with E-state index < -0.39 is 0 Å². The van der Waals surface area contributed by atoms with Crippen LogP contribution in [0.4, 0.5) is 17.5 Å². The van der Waals surface area contributed by atoms with Crippen molar-refractivity contribution in [2.75, 3.05) is 23.3 Å². The van der Waals surface area contributed by atoms with E-state index in [1.807, 2.05) is 24.3 Å². The Kier molecular flexibility index (Phi) is 3.91. The second-order valence-corrected chi connectivity index (χ2v) is 6.11. The fraction of sp³-hybridized carbons (Fsp3) is 0.263. The van der Waals surface area contributed by atoms with E-state index in [9.17, 15) is 5.11 Å². The van der Waals surface area contributed by atoms with Gasteiger partial charge in [0.05, 0.1) is 5.52 Å². The van der Waals surface area contributed by atoms with Crippen LogP contribution in [-0.4, -0.2) is 28.2 Å². The van der Waals surface area contributed by atoms with Crippen molar-refractivity contribution in [3.05, 3.63) is 48.5 Å². The molecule has 0 unspecified atom stereocenters. The number of phenolic OH excluding ortho intramolecular Hbond substituents is 1. The molecule has 2 heterocycles. The summed E-state index contributed by atoms with van der Waals surface area (Å²) >= 11 is 0. The zero-order valence-corrected chi connectivity index (χ0v) is 13.4. The Morgan fingerprint density at radius 2 is 1.75 bits per heavy atom. The number of aromatic nitrogens is 2. The van der Waals surface area contributed by atoms with Gasteiger partial charge in [-0.25, -0.2) is 4.98 Å². The van der Waals surface area contributed by atoms with Crippen molar-refractivity contribution in [2.45, 2.75) is 19.3 Å². The average molecular weight is 320 g/mol. The van der Waals surface area contributed by atoms with Crippen molar-refractivity contribution in [3.8, 4) is 5.75 Å². The minimum absolute atomic E-state index is 0.219. The van der Waals surface area contributed by atoms with Crippen molar-refractivity contribution in [2.24, 2.45) is 0 Å². The molecule has 0 aliphatic carbocycles. The number of piperidine rings is 1. The first-order chi connectivity index (χ1) is 11.8. The molecular formula is C19H20N4O. The smallest absolute Gasteiger partial charge is 0.229 e. The number of nitrogens with zero attached hydrogens (tertiary/aromatic N) is 3. The van der Waals surface area contributed by atoms with Gasteiger partial charge in [-0.2, -0.15) is 4.98 Å². The molecule has 3 aromatic rings. The minimum atomic E-state index is 0.219. The van der Waals surface area contributed by atoms with E-state index in [4.69, 9.17) is 4.98 Å². The highest BCUT2D eigenvalue weighted by molar-refractivity contribution is 5.90. The highest BCUT2D eigenvalue weighted by Crippen LogP contribution is 2.29. The molecule has 4 rings (SSSR count). The highest BCUT2D eigenvalue weighted by atomic mass is 16.3. The fourth-order valence-corrected chi connectivity index (χ4v) is 3.18. The number of aromatic hydroxyl groups is 1. The summed E-state index contributed by atoms with van der Waals surface area (Å²) in [6, 6.07) is 15.1. The van der Waals surface area contributed by atoms with Crippen molar-refractivity contribution >= 4 is 28.4 Å². The molecule has 2 N–H and O–H groups in total. The lowest BCUT2D eigenvalue weighted by atomic mass is 10.1. The standard InChI is InChI=1S/C19H20N4O/c24-15-8-6-7-14(13-15)20-19-21-17-10-3-2-9-16(17)18(22-19)23-11-4-1-5-12-23/h2-3,6-10,13,24H,1,4-5,11-12H2,(H,20,21,22). The molecule has 1 aliphatic rings. The van der Waals surface area contributed by atoms with Crippen LogP contribution >= 0.6 is 0 Å². The third-order valence-corrected chi connectivity index (χ3v) is 4.34. The molecule has 122 valence electrons. The van der Waals surface area contributed by atoms with Gasteiger partial charge in [0.15, 0.2) is 0 Å². The quantitative estimate of drug-likeness (QED) is 0.762. The first-order valence-corrected chi connectivity index (χ1v) is 8.37. The van der Waals surface area contributed by atoms with Crippen molar-refractivity contribution < 1.29 is 5.11 Å². The fourth-order valence-electron chi connectivity index (χ4n) is 3.18. The van der Waals surface area contributed by atoms with Crippen LogP contribution < -0.4 is 10.2 Å². The van der Waals surface area contributed by atoms with Gasteiger partial charge in [-0.05, 0) is 43.5 Å². The molecule has 5 nitrogen and oxygen atoms in total. The van der Waals surface area contributed by atoms with Crippen LogP contribution in [0.15, 0.2) is 48.5 Å². The SMILES string of the molecule is Oc1cccc(Nc2nc(N3CCCCC3)c3ccccc3n2)c1. The van der Waals surface area contributed by atoms with E-state index in [2.05, 4.69) is 21.3 Å². The van der Waals surface area contributed by atoms with Crippen LogP contribution in [0, 0.1) is 0 Å². The molecule has 1 fully saturated rings. The number of anilines is 3. The monoisotopic (exact) mass is 320 g/mol. The Morgan fingerprint density at radius 3 is 2.58 bits per heavy atom. The van der Waals surface area contributed by atoms with Gasteiger partial charge in [-0.15, -0.1) is 0 Å². The van der Waals surface area contributed by atoms with Gasteiger partial charge in [-0.1, -0.05) is 18.2 Å². The first kappa shape index (κ1) is 14.8. The Hall–Kier alpha value is -2.82. The number of nitrogens with one attached hydrogen (secondary N) is 1. The van der Waals surface area contributed by atoms with Gasteiger partial charge in [0.1, 0.15) is 11.6 Å². The lowest BCUT2D eigenvalue weighted by molar-refractivity contribution is 0.475. The second kappa shape index (κ2) is 6.35. The number of para-hydroxylation sites is 1. The van der Waals surface area contributed by atoms with Gasteiger partial charge < -0.3 is 15.3 Å². The minimum Gasteiger partial charge on any atom is -0.508 e. The number of fused-ring (bicyclic) bond motifs is 1. The summed E-state index contributed by atoms with van der Waals surface area (Å²) in [6.07, 6.45) is 3.69. The Bertz CT molecular complexity index is 859. The van der Waals surface area contributed by atoms with Crippen LogP contribution in [0.3, 0.4) is 0 Å². The van der Waals surface area contributed by atoms with E-state index >= 15 is 0 Å². The van der Waals surface area contributed by atoms with Gasteiger partial charge in [0.2, 0.25) is 5.95 Å². The maximum Gasteiger partial charge on any atom is 0.229 e. The van der Waals surface area contributed by atoms with Crippen LogP contribution in [0.25, 0.3) is 10.9 Å². The zero-order valence-electron chi connectivity index (χ0n) is 13.4. The van der Waals surface area contributed by atoms with E-state index in [0.717, 1.165) is 35.5 Å². The number of hydrogen-bond acceptors (Lipinski definition) is 5. The van der Waals surface area contributed by atoms with Crippen LogP contribution in [0.5, 0.6) is 5.75 Å². The normalized spacial score (nSPS) is 14.8. The lowest BCUT2D eigenvalue weighted by Crippen LogP contribution is -2.30. The molecule has 0 bridgehead atoms. The Balaban J connectivity index is 1.76. The third kappa shape index (κ3) is 2.97. The van der Waals surface area contributed by atoms with Crippen LogP contribution in [-0.2, 0) is 0 Å². The molecule has 5 heteroatoms. The van der Waals surface area contributed by atoms with Gasteiger partial charge >= 0.3 is 0 Å². The average Bonchev–Trinajstić information content (AvgIpc) is 2.62. The molecule has 24 heavy (non-hydrogen) atoms. The van der Waals surface area contributed by atoms with E-state index in [1.54, 1.807) is 18.2 Å². The largest absolute Gasteiger partial charge is 0.508 e. The van der Waals surface area contributed by atoms with Crippen molar-refractivity contribution in [3.63, 3.8) is 0 Å². The third-order valence-electron chi connectivity index (χ3n) is 4.34. The Morgan fingerprint density at radius 1 is 0.917 bits per heavy atom. The summed E-state index contributed by atoms with van der Waals surface area (Å²) in [4.78, 5) is 11.7.